The molecule has 1 aromatic heterocycles. The van der Waals surface area contributed by atoms with Crippen LogP contribution >= 0.6 is 22.9 Å². The highest BCUT2D eigenvalue weighted by molar-refractivity contribution is 7.13. The van der Waals surface area contributed by atoms with E-state index >= 15 is 0 Å². The molecule has 21 heavy (non-hydrogen) atoms. The maximum atomic E-state index is 12.0. The molecule has 2 aromatic rings. The number of carboxylic acids is 1. The fourth-order valence-corrected chi connectivity index (χ4v) is 2.47. The van der Waals surface area contributed by atoms with Crippen LogP contribution in [0.1, 0.15) is 21.6 Å². The Hall–Kier alpha value is -2.18. The van der Waals surface area contributed by atoms with Crippen LogP contribution in [0.25, 0.3) is 6.08 Å². The Morgan fingerprint density at radius 2 is 2.19 bits per heavy atom. The van der Waals surface area contributed by atoms with Crippen molar-refractivity contribution in [1.82, 2.24) is 4.98 Å². The summed E-state index contributed by atoms with van der Waals surface area (Å²) in [6, 6.07) is 4.64. The topological polar surface area (TPSA) is 79.3 Å². The molecule has 1 heterocycles. The lowest BCUT2D eigenvalue weighted by atomic mass is 10.1. The van der Waals surface area contributed by atoms with Crippen LogP contribution in [-0.2, 0) is 4.79 Å². The van der Waals surface area contributed by atoms with E-state index in [0.717, 1.165) is 11.8 Å². The fourth-order valence-electron chi connectivity index (χ4n) is 1.55. The third-order valence-corrected chi connectivity index (χ3v) is 3.71. The third kappa shape index (κ3) is 4.14. The number of aromatic nitrogens is 1. The van der Waals surface area contributed by atoms with Crippen molar-refractivity contribution < 1.29 is 14.7 Å². The molecule has 0 aliphatic rings. The summed E-state index contributed by atoms with van der Waals surface area (Å²) in [5, 5.41) is 13.9. The van der Waals surface area contributed by atoms with Crippen LogP contribution in [0.2, 0.25) is 5.02 Å². The van der Waals surface area contributed by atoms with Gasteiger partial charge in [0.25, 0.3) is 5.91 Å². The number of amides is 1. The Morgan fingerprint density at radius 1 is 1.43 bits per heavy atom. The molecule has 0 unspecified atom stereocenters. The Labute approximate surface area is 129 Å². The molecule has 7 heteroatoms. The van der Waals surface area contributed by atoms with E-state index in [4.69, 9.17) is 16.7 Å². The molecule has 1 amide bonds. The minimum Gasteiger partial charge on any atom is -0.478 e. The van der Waals surface area contributed by atoms with E-state index in [-0.39, 0.29) is 5.91 Å². The maximum absolute atomic E-state index is 12.0. The van der Waals surface area contributed by atoms with Crippen molar-refractivity contribution in [2.75, 3.05) is 5.32 Å². The Morgan fingerprint density at radius 3 is 2.76 bits per heavy atom. The standard InChI is InChI=1S/C14H11ClN2O3S/c1-8-7-21-14(16-8)17-13(20)10-3-2-9(11(15)6-10)4-5-12(18)19/h2-7H,1H3,(H,18,19)(H,16,17,20)/b5-4+. The lowest BCUT2D eigenvalue weighted by Gasteiger charge is -2.04. The molecule has 0 aliphatic carbocycles. The van der Waals surface area contributed by atoms with Crippen LogP contribution in [0, 0.1) is 6.92 Å². The molecule has 108 valence electrons. The maximum Gasteiger partial charge on any atom is 0.328 e. The average molecular weight is 323 g/mol. The number of benzene rings is 1. The van der Waals surface area contributed by atoms with Crippen LogP contribution in [0.15, 0.2) is 29.7 Å². The Bertz CT molecular complexity index is 725. The third-order valence-electron chi connectivity index (χ3n) is 2.51. The summed E-state index contributed by atoms with van der Waals surface area (Å²) in [5.74, 6) is -1.38. The van der Waals surface area contributed by atoms with Crippen molar-refractivity contribution in [1.29, 1.82) is 0 Å². The molecule has 0 atom stereocenters. The molecule has 0 spiro atoms. The summed E-state index contributed by atoms with van der Waals surface area (Å²) in [6.07, 6.45) is 2.36. The number of aliphatic carboxylic acids is 1. The molecule has 1 aromatic carbocycles. The quantitative estimate of drug-likeness (QED) is 0.845. The van der Waals surface area contributed by atoms with Gasteiger partial charge in [-0.25, -0.2) is 9.78 Å². The van der Waals surface area contributed by atoms with Crippen LogP contribution in [0.4, 0.5) is 5.13 Å². The molecular formula is C14H11ClN2O3S. The van der Waals surface area contributed by atoms with Crippen molar-refractivity contribution in [3.8, 4) is 0 Å². The summed E-state index contributed by atoms with van der Waals surface area (Å²) in [6.45, 7) is 1.84. The van der Waals surface area contributed by atoms with Gasteiger partial charge in [-0.15, -0.1) is 11.3 Å². The van der Waals surface area contributed by atoms with Crippen molar-refractivity contribution in [3.05, 3.63) is 51.5 Å². The molecule has 0 aliphatic heterocycles. The van der Waals surface area contributed by atoms with Gasteiger partial charge in [0.05, 0.1) is 5.69 Å². The number of rotatable bonds is 4. The van der Waals surface area contributed by atoms with Gasteiger partial charge in [-0.3, -0.25) is 10.1 Å². The largest absolute Gasteiger partial charge is 0.478 e. The molecule has 2 N–H and O–H groups in total. The fraction of sp³-hybridized carbons (Fsp3) is 0.0714. The van der Waals surface area contributed by atoms with E-state index in [0.29, 0.717) is 21.3 Å². The first-order chi connectivity index (χ1) is 9.95. The molecule has 0 saturated carbocycles. The number of carboxylic acid groups (broad SMARTS) is 1. The number of hydrogen-bond donors (Lipinski definition) is 2. The minimum atomic E-state index is -1.06. The number of nitrogens with zero attached hydrogens (tertiary/aromatic N) is 1. The molecule has 0 fully saturated rings. The first-order valence-electron chi connectivity index (χ1n) is 5.90. The number of carbonyl (C=O) groups is 2. The van der Waals surface area contributed by atoms with Gasteiger partial charge in [-0.05, 0) is 30.7 Å². The number of anilines is 1. The predicted octanol–water partition coefficient (Wildman–Crippen LogP) is 3.46. The summed E-state index contributed by atoms with van der Waals surface area (Å²) in [7, 11) is 0. The Balaban J connectivity index is 2.15. The van der Waals surface area contributed by atoms with Gasteiger partial charge in [0, 0.05) is 22.0 Å². The lowest BCUT2D eigenvalue weighted by molar-refractivity contribution is -0.131. The molecule has 5 nitrogen and oxygen atoms in total. The van der Waals surface area contributed by atoms with Crippen molar-refractivity contribution in [2.45, 2.75) is 6.92 Å². The van der Waals surface area contributed by atoms with Crippen LogP contribution in [-0.4, -0.2) is 22.0 Å². The van der Waals surface area contributed by atoms with Gasteiger partial charge < -0.3 is 5.11 Å². The van der Waals surface area contributed by atoms with E-state index in [1.165, 1.54) is 23.5 Å². The number of halogens is 1. The Kier molecular flexibility index (Phi) is 4.72. The summed E-state index contributed by atoms with van der Waals surface area (Å²) < 4.78 is 0. The van der Waals surface area contributed by atoms with Crippen LogP contribution in [0.5, 0.6) is 0 Å². The second kappa shape index (κ2) is 6.51. The molecule has 0 saturated heterocycles. The SMILES string of the molecule is Cc1csc(NC(=O)c2ccc(/C=C/C(=O)O)c(Cl)c2)n1. The first-order valence-corrected chi connectivity index (χ1v) is 7.15. The second-order valence-corrected chi connectivity index (χ2v) is 5.42. The van der Waals surface area contributed by atoms with Gasteiger partial charge in [-0.2, -0.15) is 0 Å². The summed E-state index contributed by atoms with van der Waals surface area (Å²) in [4.78, 5) is 26.6. The number of hydrogen-bond acceptors (Lipinski definition) is 4. The second-order valence-electron chi connectivity index (χ2n) is 4.16. The summed E-state index contributed by atoms with van der Waals surface area (Å²) >= 11 is 7.37. The molecule has 0 bridgehead atoms. The number of nitrogens with one attached hydrogen (secondary N) is 1. The molecule has 2 rings (SSSR count). The zero-order chi connectivity index (χ0) is 15.4. The number of carbonyl (C=O) groups excluding carboxylic acids is 1. The van der Waals surface area contributed by atoms with Gasteiger partial charge in [-0.1, -0.05) is 17.7 Å². The summed E-state index contributed by atoms with van der Waals surface area (Å²) in [5.41, 5.74) is 1.74. The van der Waals surface area contributed by atoms with E-state index in [9.17, 15) is 9.59 Å². The lowest BCUT2D eigenvalue weighted by Crippen LogP contribution is -2.11. The van der Waals surface area contributed by atoms with E-state index < -0.39 is 5.97 Å². The smallest absolute Gasteiger partial charge is 0.328 e. The van der Waals surface area contributed by atoms with E-state index in [1.807, 2.05) is 12.3 Å². The number of aryl methyl sites for hydroxylation is 1. The van der Waals surface area contributed by atoms with Gasteiger partial charge in [0.1, 0.15) is 0 Å². The monoisotopic (exact) mass is 322 g/mol. The zero-order valence-corrected chi connectivity index (χ0v) is 12.5. The first kappa shape index (κ1) is 15.2. The van der Waals surface area contributed by atoms with Crippen molar-refractivity contribution in [2.24, 2.45) is 0 Å². The zero-order valence-electron chi connectivity index (χ0n) is 11.0. The van der Waals surface area contributed by atoms with Gasteiger partial charge in [0.2, 0.25) is 0 Å². The highest BCUT2D eigenvalue weighted by Crippen LogP contribution is 2.21. The molecular weight excluding hydrogens is 312 g/mol. The normalized spacial score (nSPS) is 10.8. The van der Waals surface area contributed by atoms with Crippen molar-refractivity contribution >= 4 is 46.0 Å². The predicted molar refractivity (Wildman–Crippen MR) is 82.9 cm³/mol. The number of thiazole rings is 1. The molecule has 0 radical (unpaired) electrons. The van der Waals surface area contributed by atoms with Crippen LogP contribution in [0.3, 0.4) is 0 Å². The highest BCUT2D eigenvalue weighted by Gasteiger charge is 2.10. The highest BCUT2D eigenvalue weighted by atomic mass is 35.5. The van der Waals surface area contributed by atoms with Crippen molar-refractivity contribution in [3.63, 3.8) is 0 Å². The minimum absolute atomic E-state index is 0.301. The van der Waals surface area contributed by atoms with Crippen LogP contribution < -0.4 is 5.32 Å². The van der Waals surface area contributed by atoms with Gasteiger partial charge >= 0.3 is 5.97 Å². The van der Waals surface area contributed by atoms with E-state index in [2.05, 4.69) is 10.3 Å². The average Bonchev–Trinajstić information content (AvgIpc) is 2.82. The van der Waals surface area contributed by atoms with Gasteiger partial charge in [0.15, 0.2) is 5.13 Å². The van der Waals surface area contributed by atoms with E-state index in [1.54, 1.807) is 12.1 Å².